The molecule has 0 saturated carbocycles. The predicted octanol–water partition coefficient (Wildman–Crippen LogP) is 0.323. The van der Waals surface area contributed by atoms with Crippen molar-refractivity contribution in [2.45, 2.75) is 11.8 Å². The average molecular weight is 329 g/mol. The van der Waals surface area contributed by atoms with Gasteiger partial charge in [-0.15, -0.1) is 0 Å². The number of rotatable bonds is 6. The summed E-state index contributed by atoms with van der Waals surface area (Å²) in [5.41, 5.74) is 6.00. The Balaban J connectivity index is 3.02. The summed E-state index contributed by atoms with van der Waals surface area (Å²) >= 11 is 4.85. The molecular formula is C13H19N3O3S2. The van der Waals surface area contributed by atoms with Gasteiger partial charge in [0.25, 0.3) is 0 Å². The van der Waals surface area contributed by atoms with Crippen LogP contribution in [0.1, 0.15) is 12.5 Å². The molecule has 1 unspecified atom stereocenters. The Morgan fingerprint density at radius 1 is 1.48 bits per heavy atom. The first-order valence-electron chi connectivity index (χ1n) is 6.28. The third kappa shape index (κ3) is 4.23. The highest BCUT2D eigenvalue weighted by Crippen LogP contribution is 2.17. The van der Waals surface area contributed by atoms with Crippen LogP contribution in [0, 0.1) is 5.92 Å². The van der Waals surface area contributed by atoms with E-state index in [0.717, 1.165) is 4.31 Å². The number of benzene rings is 1. The largest absolute Gasteiger partial charge is 0.389 e. The summed E-state index contributed by atoms with van der Waals surface area (Å²) < 4.78 is 26.1. The first kappa shape index (κ1) is 17.5. The first-order valence-corrected chi connectivity index (χ1v) is 8.12. The summed E-state index contributed by atoms with van der Waals surface area (Å²) in [5.74, 6) is -0.664. The molecule has 1 atom stereocenters. The quantitative estimate of drug-likeness (QED) is 0.734. The van der Waals surface area contributed by atoms with Crippen LogP contribution in [0.2, 0.25) is 0 Å². The molecule has 116 valence electrons. The van der Waals surface area contributed by atoms with Crippen LogP contribution >= 0.6 is 12.2 Å². The van der Waals surface area contributed by atoms with Gasteiger partial charge in [0, 0.05) is 32.1 Å². The maximum Gasteiger partial charge on any atom is 0.242 e. The molecular weight excluding hydrogens is 310 g/mol. The van der Waals surface area contributed by atoms with Gasteiger partial charge in [0.1, 0.15) is 4.99 Å². The number of amides is 1. The maximum atomic E-state index is 12.5. The molecule has 0 saturated heterocycles. The molecule has 0 aliphatic rings. The fraction of sp³-hybridized carbons (Fsp3) is 0.385. The zero-order chi connectivity index (χ0) is 16.2. The average Bonchev–Trinajstić information content (AvgIpc) is 2.46. The van der Waals surface area contributed by atoms with Crippen molar-refractivity contribution in [1.29, 1.82) is 0 Å². The van der Waals surface area contributed by atoms with E-state index in [1.54, 1.807) is 19.1 Å². The lowest BCUT2D eigenvalue weighted by molar-refractivity contribution is -0.124. The summed E-state index contributed by atoms with van der Waals surface area (Å²) in [6.45, 7) is 1.75. The maximum absolute atomic E-state index is 12.5. The van der Waals surface area contributed by atoms with Crippen molar-refractivity contribution in [3.63, 3.8) is 0 Å². The molecule has 0 fully saturated rings. The summed E-state index contributed by atoms with van der Waals surface area (Å²) in [4.78, 5) is 11.7. The van der Waals surface area contributed by atoms with Gasteiger partial charge in [0.15, 0.2) is 0 Å². The summed E-state index contributed by atoms with van der Waals surface area (Å²) in [7, 11) is -0.748. The van der Waals surface area contributed by atoms with Crippen LogP contribution in [-0.2, 0) is 14.8 Å². The second-order valence-corrected chi connectivity index (χ2v) is 7.18. The predicted molar refractivity (Wildman–Crippen MR) is 85.4 cm³/mol. The molecule has 0 aliphatic heterocycles. The minimum Gasteiger partial charge on any atom is -0.389 e. The molecule has 0 aromatic heterocycles. The minimum atomic E-state index is -3.69. The number of carbonyl (C=O) groups is 1. The van der Waals surface area contributed by atoms with Crippen molar-refractivity contribution in [2.24, 2.45) is 11.7 Å². The van der Waals surface area contributed by atoms with Crippen LogP contribution in [0.4, 0.5) is 0 Å². The van der Waals surface area contributed by atoms with E-state index in [4.69, 9.17) is 18.0 Å². The van der Waals surface area contributed by atoms with Gasteiger partial charge < -0.3 is 11.1 Å². The Kier molecular flexibility index (Phi) is 5.82. The normalized spacial score (nSPS) is 13.0. The molecule has 0 spiro atoms. The number of sulfonamides is 1. The van der Waals surface area contributed by atoms with E-state index in [1.165, 1.54) is 26.2 Å². The van der Waals surface area contributed by atoms with Gasteiger partial charge in [0.2, 0.25) is 15.9 Å². The highest BCUT2D eigenvalue weighted by atomic mass is 32.2. The minimum absolute atomic E-state index is 0.0826. The van der Waals surface area contributed by atoms with E-state index in [0.29, 0.717) is 5.56 Å². The number of hydrogen-bond acceptors (Lipinski definition) is 4. The molecule has 6 nitrogen and oxygen atoms in total. The smallest absolute Gasteiger partial charge is 0.242 e. The molecule has 0 bridgehead atoms. The van der Waals surface area contributed by atoms with Crippen LogP contribution in [0.3, 0.4) is 0 Å². The molecule has 8 heteroatoms. The number of nitrogens with two attached hydrogens (primary N) is 1. The molecule has 0 radical (unpaired) electrons. The third-order valence-corrected chi connectivity index (χ3v) is 5.11. The summed E-state index contributed by atoms with van der Waals surface area (Å²) in [5, 5.41) is 2.49. The summed E-state index contributed by atoms with van der Waals surface area (Å²) in [6, 6.07) is 6.13. The van der Waals surface area contributed by atoms with Gasteiger partial charge in [-0.2, -0.15) is 0 Å². The van der Waals surface area contributed by atoms with Crippen molar-refractivity contribution in [1.82, 2.24) is 9.62 Å². The van der Waals surface area contributed by atoms with Crippen molar-refractivity contribution < 1.29 is 13.2 Å². The first-order chi connectivity index (χ1) is 9.70. The zero-order valence-electron chi connectivity index (χ0n) is 12.2. The lowest BCUT2D eigenvalue weighted by Gasteiger charge is -2.20. The standard InChI is InChI=1S/C13H19N3O3S2/c1-9(13(17)15-2)8-16(3)21(18,19)11-6-4-5-10(7-11)12(14)20/h4-7,9H,8H2,1-3H3,(H2,14,20)(H,15,17). The van der Waals surface area contributed by atoms with Crippen LogP contribution in [0.25, 0.3) is 0 Å². The van der Waals surface area contributed by atoms with Gasteiger partial charge in [-0.3, -0.25) is 4.79 Å². The fourth-order valence-electron chi connectivity index (χ4n) is 1.80. The molecule has 3 N–H and O–H groups in total. The Bertz CT molecular complexity index is 644. The summed E-state index contributed by atoms with van der Waals surface area (Å²) in [6.07, 6.45) is 0. The third-order valence-electron chi connectivity index (χ3n) is 3.05. The molecule has 1 amide bonds. The van der Waals surface area contributed by atoms with Crippen LogP contribution in [0.15, 0.2) is 29.2 Å². The Morgan fingerprint density at radius 2 is 2.10 bits per heavy atom. The van der Waals surface area contributed by atoms with Gasteiger partial charge in [-0.25, -0.2) is 12.7 Å². The number of carbonyl (C=O) groups excluding carboxylic acids is 1. The van der Waals surface area contributed by atoms with E-state index in [-0.39, 0.29) is 22.3 Å². The Morgan fingerprint density at radius 3 is 2.62 bits per heavy atom. The lowest BCUT2D eigenvalue weighted by Crippen LogP contribution is -2.37. The molecule has 21 heavy (non-hydrogen) atoms. The highest BCUT2D eigenvalue weighted by molar-refractivity contribution is 7.89. The Hall–Kier alpha value is -1.51. The van der Waals surface area contributed by atoms with Gasteiger partial charge >= 0.3 is 0 Å². The van der Waals surface area contributed by atoms with Gasteiger partial charge in [0.05, 0.1) is 4.90 Å². The van der Waals surface area contributed by atoms with Crippen molar-refractivity contribution in [3.8, 4) is 0 Å². The van der Waals surface area contributed by atoms with Crippen LogP contribution in [-0.4, -0.2) is 44.3 Å². The molecule has 1 aromatic rings. The van der Waals surface area contributed by atoms with Gasteiger partial charge in [-0.05, 0) is 12.1 Å². The van der Waals surface area contributed by atoms with E-state index >= 15 is 0 Å². The number of nitrogens with zero attached hydrogens (tertiary/aromatic N) is 1. The molecule has 1 rings (SSSR count). The fourth-order valence-corrected chi connectivity index (χ4v) is 3.24. The number of thiocarbonyl (C=S) groups is 1. The monoisotopic (exact) mass is 329 g/mol. The molecule has 0 aliphatic carbocycles. The number of hydrogen-bond donors (Lipinski definition) is 2. The Labute approximate surface area is 130 Å². The zero-order valence-corrected chi connectivity index (χ0v) is 13.8. The van der Waals surface area contributed by atoms with Crippen LogP contribution < -0.4 is 11.1 Å². The lowest BCUT2D eigenvalue weighted by atomic mass is 10.2. The highest BCUT2D eigenvalue weighted by Gasteiger charge is 2.24. The van der Waals surface area contributed by atoms with E-state index in [2.05, 4.69) is 5.32 Å². The van der Waals surface area contributed by atoms with Crippen molar-refractivity contribution in [3.05, 3.63) is 29.8 Å². The molecule has 0 heterocycles. The number of nitrogens with one attached hydrogen (secondary N) is 1. The van der Waals surface area contributed by atoms with Crippen molar-refractivity contribution >= 4 is 33.1 Å². The van der Waals surface area contributed by atoms with E-state index in [1.807, 2.05) is 0 Å². The van der Waals surface area contributed by atoms with E-state index < -0.39 is 15.9 Å². The second-order valence-electron chi connectivity index (χ2n) is 4.69. The van der Waals surface area contributed by atoms with Crippen molar-refractivity contribution in [2.75, 3.05) is 20.6 Å². The topological polar surface area (TPSA) is 92.5 Å². The SMILES string of the molecule is CNC(=O)C(C)CN(C)S(=O)(=O)c1cccc(C(N)=S)c1. The van der Waals surface area contributed by atoms with Gasteiger partial charge in [-0.1, -0.05) is 31.3 Å². The van der Waals surface area contributed by atoms with Crippen LogP contribution in [0.5, 0.6) is 0 Å². The van der Waals surface area contributed by atoms with E-state index in [9.17, 15) is 13.2 Å². The second kappa shape index (κ2) is 6.97. The molecule has 1 aromatic carbocycles.